The minimum absolute atomic E-state index is 0.629. The van der Waals surface area contributed by atoms with Crippen LogP contribution in [0.3, 0.4) is 0 Å². The van der Waals surface area contributed by atoms with Gasteiger partial charge in [-0.2, -0.15) is 0 Å². The fraction of sp³-hybridized carbons (Fsp3) is 0.160. The third-order valence-electron chi connectivity index (χ3n) is 4.66. The fourth-order valence-corrected chi connectivity index (χ4v) is 4.33. The van der Waals surface area contributed by atoms with E-state index in [1.54, 1.807) is 18.9 Å². The zero-order valence-corrected chi connectivity index (χ0v) is 17.3. The lowest BCUT2D eigenvalue weighted by atomic mass is 10.1. The molecule has 1 saturated heterocycles. The molecule has 1 aliphatic rings. The second-order valence-electron chi connectivity index (χ2n) is 6.90. The SMILES string of the molecule is COCc1cccc(/C=C2/CN(c3ccccc3)/C(=N/Cc3ccccc3)S2)c1. The van der Waals surface area contributed by atoms with Crippen LogP contribution in [0.5, 0.6) is 0 Å². The van der Waals surface area contributed by atoms with E-state index in [1.807, 2.05) is 12.1 Å². The highest BCUT2D eigenvalue weighted by Gasteiger charge is 2.25. The fourth-order valence-electron chi connectivity index (χ4n) is 3.30. The van der Waals surface area contributed by atoms with E-state index in [-0.39, 0.29) is 0 Å². The van der Waals surface area contributed by atoms with E-state index in [1.165, 1.54) is 27.3 Å². The number of nitrogens with zero attached hydrogens (tertiary/aromatic N) is 2. The smallest absolute Gasteiger partial charge is 0.169 e. The average molecular weight is 401 g/mol. The minimum atomic E-state index is 0.629. The lowest BCUT2D eigenvalue weighted by Crippen LogP contribution is -2.23. The Morgan fingerprint density at radius 2 is 1.66 bits per heavy atom. The van der Waals surface area contributed by atoms with Gasteiger partial charge in [0, 0.05) is 17.7 Å². The van der Waals surface area contributed by atoms with Crippen molar-refractivity contribution in [1.29, 1.82) is 0 Å². The summed E-state index contributed by atoms with van der Waals surface area (Å²) in [6.45, 7) is 2.14. The number of thioether (sulfide) groups is 1. The van der Waals surface area contributed by atoms with Crippen molar-refractivity contribution in [1.82, 2.24) is 0 Å². The highest BCUT2D eigenvalue weighted by Crippen LogP contribution is 2.35. The first-order chi connectivity index (χ1) is 14.3. The van der Waals surface area contributed by atoms with Crippen molar-refractivity contribution in [3.8, 4) is 0 Å². The number of rotatable bonds is 6. The molecule has 0 bridgehead atoms. The number of amidine groups is 1. The molecular weight excluding hydrogens is 376 g/mol. The van der Waals surface area contributed by atoms with Gasteiger partial charge in [-0.15, -0.1) is 0 Å². The summed E-state index contributed by atoms with van der Waals surface area (Å²) >= 11 is 1.75. The Hall–Kier alpha value is -2.82. The molecule has 0 unspecified atom stereocenters. The molecule has 4 heteroatoms. The van der Waals surface area contributed by atoms with Crippen LogP contribution in [-0.4, -0.2) is 18.8 Å². The third kappa shape index (κ3) is 5.17. The molecule has 3 aromatic rings. The number of hydrogen-bond donors (Lipinski definition) is 0. The predicted molar refractivity (Wildman–Crippen MR) is 124 cm³/mol. The summed E-state index contributed by atoms with van der Waals surface area (Å²) in [5.74, 6) is 0. The van der Waals surface area contributed by atoms with Crippen molar-refractivity contribution in [2.75, 3.05) is 18.6 Å². The van der Waals surface area contributed by atoms with Crippen LogP contribution in [-0.2, 0) is 17.9 Å². The Balaban J connectivity index is 1.60. The van der Waals surface area contributed by atoms with Crippen molar-refractivity contribution in [3.63, 3.8) is 0 Å². The van der Waals surface area contributed by atoms with E-state index in [2.05, 4.69) is 83.8 Å². The maximum Gasteiger partial charge on any atom is 0.169 e. The molecule has 3 nitrogen and oxygen atoms in total. The largest absolute Gasteiger partial charge is 0.380 e. The van der Waals surface area contributed by atoms with Crippen LogP contribution in [0.2, 0.25) is 0 Å². The summed E-state index contributed by atoms with van der Waals surface area (Å²) in [6.07, 6.45) is 2.25. The lowest BCUT2D eigenvalue weighted by Gasteiger charge is -2.17. The number of anilines is 1. The van der Waals surface area contributed by atoms with Crippen molar-refractivity contribution < 1.29 is 4.74 Å². The van der Waals surface area contributed by atoms with E-state index in [9.17, 15) is 0 Å². The van der Waals surface area contributed by atoms with Crippen molar-refractivity contribution in [2.24, 2.45) is 4.99 Å². The Kier molecular flexibility index (Phi) is 6.45. The van der Waals surface area contributed by atoms with E-state index < -0.39 is 0 Å². The summed E-state index contributed by atoms with van der Waals surface area (Å²) in [6, 6.07) is 29.4. The van der Waals surface area contributed by atoms with Crippen LogP contribution >= 0.6 is 11.8 Å². The molecule has 1 heterocycles. The van der Waals surface area contributed by atoms with Gasteiger partial charge in [0.2, 0.25) is 0 Å². The van der Waals surface area contributed by atoms with E-state index in [0.717, 1.165) is 11.7 Å². The van der Waals surface area contributed by atoms with Gasteiger partial charge < -0.3 is 9.64 Å². The summed E-state index contributed by atoms with van der Waals surface area (Å²) in [5.41, 5.74) is 4.77. The molecule has 0 atom stereocenters. The highest BCUT2D eigenvalue weighted by molar-refractivity contribution is 8.18. The number of hydrogen-bond acceptors (Lipinski definition) is 3. The number of benzene rings is 3. The van der Waals surface area contributed by atoms with Gasteiger partial charge in [0.1, 0.15) is 0 Å². The minimum Gasteiger partial charge on any atom is -0.380 e. The van der Waals surface area contributed by atoms with Crippen LogP contribution in [0.15, 0.2) is 94.8 Å². The zero-order valence-electron chi connectivity index (χ0n) is 16.5. The molecule has 0 saturated carbocycles. The normalized spacial score (nSPS) is 16.7. The van der Waals surface area contributed by atoms with Gasteiger partial charge in [-0.1, -0.05) is 78.5 Å². The molecule has 0 amide bonds. The van der Waals surface area contributed by atoms with Gasteiger partial charge in [0.05, 0.1) is 19.7 Å². The molecule has 29 heavy (non-hydrogen) atoms. The average Bonchev–Trinajstić information content (AvgIpc) is 3.17. The maximum absolute atomic E-state index is 5.27. The number of methoxy groups -OCH3 is 1. The quantitative estimate of drug-likeness (QED) is 0.508. The molecule has 3 aromatic carbocycles. The first-order valence-electron chi connectivity index (χ1n) is 9.69. The lowest BCUT2D eigenvalue weighted by molar-refractivity contribution is 0.185. The number of para-hydroxylation sites is 1. The van der Waals surface area contributed by atoms with E-state index in [0.29, 0.717) is 13.2 Å². The van der Waals surface area contributed by atoms with Crippen LogP contribution in [0, 0.1) is 0 Å². The molecule has 1 fully saturated rings. The molecule has 0 aromatic heterocycles. The van der Waals surface area contributed by atoms with Crippen LogP contribution < -0.4 is 4.90 Å². The number of ether oxygens (including phenoxy) is 1. The molecule has 0 spiro atoms. The second kappa shape index (κ2) is 9.59. The third-order valence-corrected chi connectivity index (χ3v) is 5.71. The van der Waals surface area contributed by atoms with Crippen LogP contribution in [0.4, 0.5) is 5.69 Å². The Bertz CT molecular complexity index is 1000. The number of aliphatic imine (C=N–C) groups is 1. The van der Waals surface area contributed by atoms with E-state index >= 15 is 0 Å². The standard InChI is InChI=1S/C25H24N2OS/c1-28-19-22-12-8-11-21(15-22)16-24-18-27(23-13-6-3-7-14-23)25(29-24)26-17-20-9-4-2-5-10-20/h2-16H,17-19H2,1H3/b24-16-,26-25-. The second-order valence-corrected chi connectivity index (χ2v) is 7.99. The Morgan fingerprint density at radius 3 is 2.41 bits per heavy atom. The van der Waals surface area contributed by atoms with Gasteiger partial charge in [-0.3, -0.25) is 4.99 Å². The maximum atomic E-state index is 5.27. The Morgan fingerprint density at radius 1 is 0.931 bits per heavy atom. The summed E-state index contributed by atoms with van der Waals surface area (Å²) in [5, 5.41) is 1.04. The molecular formula is C25H24N2OS. The Labute approximate surface area is 176 Å². The van der Waals surface area contributed by atoms with Gasteiger partial charge in [-0.05, 0) is 41.0 Å². The van der Waals surface area contributed by atoms with Gasteiger partial charge in [-0.25, -0.2) is 0 Å². The highest BCUT2D eigenvalue weighted by atomic mass is 32.2. The van der Waals surface area contributed by atoms with Gasteiger partial charge in [0.15, 0.2) is 5.17 Å². The first-order valence-corrected chi connectivity index (χ1v) is 10.5. The van der Waals surface area contributed by atoms with Crippen LogP contribution in [0.1, 0.15) is 16.7 Å². The van der Waals surface area contributed by atoms with Crippen molar-refractivity contribution in [2.45, 2.75) is 13.2 Å². The molecule has 1 aliphatic heterocycles. The first kappa shape index (κ1) is 19.5. The molecule has 4 rings (SSSR count). The van der Waals surface area contributed by atoms with Crippen molar-refractivity contribution in [3.05, 3.63) is 107 Å². The topological polar surface area (TPSA) is 24.8 Å². The summed E-state index contributed by atoms with van der Waals surface area (Å²) < 4.78 is 5.27. The summed E-state index contributed by atoms with van der Waals surface area (Å²) in [7, 11) is 1.73. The molecule has 0 aliphatic carbocycles. The molecule has 0 radical (unpaired) electrons. The van der Waals surface area contributed by atoms with Crippen molar-refractivity contribution >= 4 is 28.7 Å². The van der Waals surface area contributed by atoms with Gasteiger partial charge >= 0.3 is 0 Å². The summed E-state index contributed by atoms with van der Waals surface area (Å²) in [4.78, 5) is 8.51. The van der Waals surface area contributed by atoms with Crippen LogP contribution in [0.25, 0.3) is 6.08 Å². The predicted octanol–water partition coefficient (Wildman–Crippen LogP) is 5.98. The zero-order chi connectivity index (χ0) is 19.9. The molecule has 146 valence electrons. The van der Waals surface area contributed by atoms with Gasteiger partial charge in [0.25, 0.3) is 0 Å². The van der Waals surface area contributed by atoms with E-state index in [4.69, 9.17) is 9.73 Å². The molecule has 0 N–H and O–H groups in total. The monoisotopic (exact) mass is 400 g/mol.